The van der Waals surface area contributed by atoms with Crippen LogP contribution < -0.4 is 0 Å². The van der Waals surface area contributed by atoms with E-state index in [1.165, 1.54) is 95.5 Å². The molecule has 4 aliphatic carbocycles. The third-order valence-corrected chi connectivity index (χ3v) is 11.8. The topological polar surface area (TPSA) is 17.1 Å². The molecule has 4 saturated carbocycles. The summed E-state index contributed by atoms with van der Waals surface area (Å²) in [7, 11) is 0. The van der Waals surface area contributed by atoms with Gasteiger partial charge in [-0.05, 0) is 129 Å². The summed E-state index contributed by atoms with van der Waals surface area (Å²) in [5, 5.41) is 0.496. The molecular weight excluding hydrogens is 576 g/mol. The number of ketones is 1. The van der Waals surface area contributed by atoms with Gasteiger partial charge in [0.1, 0.15) is 0 Å². The van der Waals surface area contributed by atoms with Crippen molar-refractivity contribution in [1.82, 2.24) is 0 Å². The maximum Gasteiger partial charge on any atom is 0.194 e. The Hall–Kier alpha value is -1.90. The van der Waals surface area contributed by atoms with E-state index in [4.69, 9.17) is 11.6 Å². The molecule has 2 spiro atoms. The zero-order valence-electron chi connectivity index (χ0n) is 23.6. The quantitative estimate of drug-likeness (QED) is 0.266. The average molecular weight is 618 g/mol. The lowest BCUT2D eigenvalue weighted by Gasteiger charge is -2.47. The van der Waals surface area contributed by atoms with E-state index in [1.807, 2.05) is 18.2 Å². The van der Waals surface area contributed by atoms with Crippen LogP contribution in [0.4, 0.5) is 0 Å². The second kappa shape index (κ2) is 12.1. The minimum atomic E-state index is -0.0186. The van der Waals surface area contributed by atoms with Crippen LogP contribution in [0.2, 0.25) is 5.02 Å². The molecule has 0 bridgehead atoms. The minimum absolute atomic E-state index is 0.0186. The van der Waals surface area contributed by atoms with Crippen LogP contribution in [0, 0.1) is 10.8 Å². The molecule has 4 aliphatic rings. The van der Waals surface area contributed by atoms with Gasteiger partial charge in [-0.1, -0.05) is 95.0 Å². The average Bonchev–Trinajstić information content (AvgIpc) is 2.97. The Labute approximate surface area is 254 Å². The first-order valence-corrected chi connectivity index (χ1v) is 16.8. The Morgan fingerprint density at radius 3 is 1.62 bits per heavy atom. The summed E-state index contributed by atoms with van der Waals surface area (Å²) in [5.41, 5.74) is 5.72. The van der Waals surface area contributed by atoms with Crippen molar-refractivity contribution in [3.8, 4) is 0 Å². The first-order chi connectivity index (χ1) is 19.4. The normalized spacial score (nSPS) is 23.0. The van der Waals surface area contributed by atoms with Crippen molar-refractivity contribution in [2.24, 2.45) is 10.8 Å². The molecule has 0 aromatic heterocycles. The molecule has 210 valence electrons. The standard InChI is InChI=1S/C22H22BrClO.C15H20/c23-18-6-7-20(24)19(14-18)21(25)17-4-2-15(3-5-17)16-8-12-22(13-9-16)10-1-11-22;1-2-5-13(6-3-1)14-7-11-15(12-8-14)9-4-10-15/h2-7,14,16H,1,8-13H2;1-3,5-6,14H,4,7-12H2. The molecule has 1 nitrogen and oxygen atoms in total. The van der Waals surface area contributed by atoms with Crippen LogP contribution in [-0.4, -0.2) is 5.78 Å². The van der Waals surface area contributed by atoms with Gasteiger partial charge in [-0.15, -0.1) is 0 Å². The number of hydrogen-bond donors (Lipinski definition) is 0. The van der Waals surface area contributed by atoms with Crippen LogP contribution in [-0.2, 0) is 0 Å². The zero-order valence-corrected chi connectivity index (χ0v) is 26.0. The number of rotatable bonds is 4. The Balaban J connectivity index is 0.000000164. The highest BCUT2D eigenvalue weighted by Crippen LogP contribution is 2.55. The summed E-state index contributed by atoms with van der Waals surface area (Å²) >= 11 is 9.61. The molecule has 7 rings (SSSR count). The third-order valence-electron chi connectivity index (χ3n) is 11.0. The van der Waals surface area contributed by atoms with Gasteiger partial charge in [0, 0.05) is 15.6 Å². The molecule has 3 heteroatoms. The fourth-order valence-corrected chi connectivity index (χ4v) is 8.50. The van der Waals surface area contributed by atoms with E-state index in [1.54, 1.807) is 17.7 Å². The van der Waals surface area contributed by atoms with Crippen LogP contribution in [0.25, 0.3) is 0 Å². The monoisotopic (exact) mass is 616 g/mol. The summed E-state index contributed by atoms with van der Waals surface area (Å²) < 4.78 is 0.865. The molecule has 0 heterocycles. The summed E-state index contributed by atoms with van der Waals surface area (Å²) in [5.74, 6) is 1.50. The van der Waals surface area contributed by atoms with Crippen molar-refractivity contribution in [1.29, 1.82) is 0 Å². The van der Waals surface area contributed by atoms with Gasteiger partial charge in [-0.2, -0.15) is 0 Å². The minimum Gasteiger partial charge on any atom is -0.289 e. The molecule has 3 aromatic rings. The third kappa shape index (κ3) is 6.14. The highest BCUT2D eigenvalue weighted by molar-refractivity contribution is 9.10. The Bertz CT molecular complexity index is 1290. The van der Waals surface area contributed by atoms with E-state index in [2.05, 4.69) is 58.4 Å². The van der Waals surface area contributed by atoms with Crippen molar-refractivity contribution in [2.75, 3.05) is 0 Å². The van der Waals surface area contributed by atoms with Crippen LogP contribution in [0.1, 0.15) is 129 Å². The number of carbonyl (C=O) groups is 1. The van der Waals surface area contributed by atoms with Gasteiger partial charge in [0.15, 0.2) is 5.78 Å². The van der Waals surface area contributed by atoms with Gasteiger partial charge in [-0.25, -0.2) is 0 Å². The highest BCUT2D eigenvalue weighted by Gasteiger charge is 2.41. The molecule has 3 aromatic carbocycles. The molecule has 0 aliphatic heterocycles. The largest absolute Gasteiger partial charge is 0.289 e. The van der Waals surface area contributed by atoms with Crippen LogP contribution in [0.15, 0.2) is 77.3 Å². The van der Waals surface area contributed by atoms with E-state index in [9.17, 15) is 4.79 Å². The fourth-order valence-electron chi connectivity index (χ4n) is 7.94. The second-order valence-electron chi connectivity index (χ2n) is 13.2. The molecule has 0 amide bonds. The predicted molar refractivity (Wildman–Crippen MR) is 170 cm³/mol. The molecule has 40 heavy (non-hydrogen) atoms. The van der Waals surface area contributed by atoms with Crippen LogP contribution >= 0.6 is 27.5 Å². The van der Waals surface area contributed by atoms with Crippen molar-refractivity contribution >= 4 is 33.3 Å². The van der Waals surface area contributed by atoms with E-state index < -0.39 is 0 Å². The Morgan fingerprint density at radius 1 is 0.650 bits per heavy atom. The molecule has 0 unspecified atom stereocenters. The van der Waals surface area contributed by atoms with Crippen molar-refractivity contribution in [2.45, 2.75) is 102 Å². The smallest absolute Gasteiger partial charge is 0.194 e. The second-order valence-corrected chi connectivity index (χ2v) is 14.6. The number of carbonyl (C=O) groups excluding carboxylic acids is 1. The van der Waals surface area contributed by atoms with E-state index in [0.29, 0.717) is 27.5 Å². The van der Waals surface area contributed by atoms with Gasteiger partial charge in [-0.3, -0.25) is 4.79 Å². The number of halogens is 2. The zero-order chi connectivity index (χ0) is 27.6. The molecule has 0 N–H and O–H groups in total. The SMILES string of the molecule is O=C(c1ccc(C2CCC3(CCC3)CC2)cc1)c1cc(Br)ccc1Cl.c1ccc(C2CCC3(CCC3)CC2)cc1. The maximum atomic E-state index is 12.7. The van der Waals surface area contributed by atoms with Crippen LogP contribution in [0.5, 0.6) is 0 Å². The fraction of sp³-hybridized carbons (Fsp3) is 0.486. The highest BCUT2D eigenvalue weighted by atomic mass is 79.9. The molecular formula is C37H42BrClO. The summed E-state index contributed by atoms with van der Waals surface area (Å²) in [6.45, 7) is 0. The predicted octanol–water partition coefficient (Wildman–Crippen LogP) is 11.7. The lowest BCUT2D eigenvalue weighted by Crippen LogP contribution is -2.33. The molecule has 4 fully saturated rings. The lowest BCUT2D eigenvalue weighted by molar-refractivity contribution is 0.0693. The van der Waals surface area contributed by atoms with Crippen molar-refractivity contribution in [3.63, 3.8) is 0 Å². The summed E-state index contributed by atoms with van der Waals surface area (Å²) in [4.78, 5) is 12.7. The summed E-state index contributed by atoms with van der Waals surface area (Å²) in [6, 6.07) is 24.7. The van der Waals surface area contributed by atoms with E-state index in [0.717, 1.165) is 15.8 Å². The van der Waals surface area contributed by atoms with E-state index in [-0.39, 0.29) is 5.78 Å². The van der Waals surface area contributed by atoms with Crippen molar-refractivity contribution in [3.05, 3.63) is 105 Å². The van der Waals surface area contributed by atoms with E-state index >= 15 is 0 Å². The van der Waals surface area contributed by atoms with Gasteiger partial charge in [0.25, 0.3) is 0 Å². The van der Waals surface area contributed by atoms with Gasteiger partial charge in [0.2, 0.25) is 0 Å². The number of benzene rings is 3. The van der Waals surface area contributed by atoms with Gasteiger partial charge < -0.3 is 0 Å². The molecule has 0 atom stereocenters. The molecule has 0 saturated heterocycles. The van der Waals surface area contributed by atoms with Crippen LogP contribution in [0.3, 0.4) is 0 Å². The number of hydrogen-bond acceptors (Lipinski definition) is 1. The summed E-state index contributed by atoms with van der Waals surface area (Å²) in [6.07, 6.45) is 20.1. The van der Waals surface area contributed by atoms with Gasteiger partial charge >= 0.3 is 0 Å². The first kappa shape index (κ1) is 28.2. The Kier molecular flexibility index (Phi) is 8.57. The first-order valence-electron chi connectivity index (χ1n) is 15.6. The lowest BCUT2D eigenvalue weighted by atomic mass is 9.58. The van der Waals surface area contributed by atoms with Crippen molar-refractivity contribution < 1.29 is 4.79 Å². The van der Waals surface area contributed by atoms with Gasteiger partial charge in [0.05, 0.1) is 5.02 Å². The Morgan fingerprint density at radius 2 is 1.15 bits per heavy atom. The maximum absolute atomic E-state index is 12.7. The molecule has 0 radical (unpaired) electrons.